The first-order valence-corrected chi connectivity index (χ1v) is 5.22. The molecule has 0 bridgehead atoms. The van der Waals surface area contributed by atoms with Crippen molar-refractivity contribution in [1.29, 1.82) is 0 Å². The van der Waals surface area contributed by atoms with Gasteiger partial charge in [-0.05, 0) is 6.92 Å². The number of nitrogens with zero attached hydrogens (tertiary/aromatic N) is 2. The van der Waals surface area contributed by atoms with Gasteiger partial charge in [-0.2, -0.15) is 0 Å². The number of ether oxygens (including phenoxy) is 2. The molecule has 2 heterocycles. The first-order chi connectivity index (χ1) is 6.88. The Kier molecular flexibility index (Phi) is 3.01. The van der Waals surface area contributed by atoms with Crippen LogP contribution in [0.3, 0.4) is 0 Å². The van der Waals surface area contributed by atoms with Crippen molar-refractivity contribution in [1.82, 2.24) is 0 Å². The third-order valence-corrected chi connectivity index (χ3v) is 2.38. The van der Waals surface area contributed by atoms with Gasteiger partial charge in [0.25, 0.3) is 0 Å². The van der Waals surface area contributed by atoms with Crippen LogP contribution < -0.4 is 0 Å². The molecule has 4 heteroatoms. The summed E-state index contributed by atoms with van der Waals surface area (Å²) in [6, 6.07) is 0. The smallest absolute Gasteiger partial charge is 0.195 e. The van der Waals surface area contributed by atoms with E-state index in [1.54, 1.807) is 0 Å². The summed E-state index contributed by atoms with van der Waals surface area (Å²) in [4.78, 5) is 8.68. The van der Waals surface area contributed by atoms with Crippen molar-refractivity contribution < 1.29 is 9.47 Å². The van der Waals surface area contributed by atoms with Crippen molar-refractivity contribution in [2.24, 2.45) is 15.9 Å². The predicted molar refractivity (Wildman–Crippen MR) is 54.9 cm³/mol. The minimum Gasteiger partial charge on any atom is -0.480 e. The van der Waals surface area contributed by atoms with Gasteiger partial charge in [0.15, 0.2) is 11.8 Å². The summed E-state index contributed by atoms with van der Waals surface area (Å²) < 4.78 is 11.0. The summed E-state index contributed by atoms with van der Waals surface area (Å²) >= 11 is 0. The van der Waals surface area contributed by atoms with Gasteiger partial charge in [-0.15, -0.1) is 0 Å². The van der Waals surface area contributed by atoms with Gasteiger partial charge in [0, 0.05) is 25.9 Å². The molecule has 0 aromatic heterocycles. The molecule has 0 fully saturated rings. The highest BCUT2D eigenvalue weighted by Gasteiger charge is 2.23. The highest BCUT2D eigenvalue weighted by atomic mass is 16.5. The van der Waals surface area contributed by atoms with E-state index in [0.29, 0.717) is 0 Å². The molecule has 2 aliphatic heterocycles. The third-order valence-electron chi connectivity index (χ3n) is 2.38. The molecule has 0 spiro atoms. The Morgan fingerprint density at radius 3 is 1.86 bits per heavy atom. The van der Waals surface area contributed by atoms with E-state index >= 15 is 0 Å². The highest BCUT2D eigenvalue weighted by Crippen LogP contribution is 2.12. The van der Waals surface area contributed by atoms with Crippen LogP contribution in [0.25, 0.3) is 0 Å². The molecular formula is C10H16N2O2. The van der Waals surface area contributed by atoms with Gasteiger partial charge in [0.1, 0.15) is 5.92 Å². The maximum atomic E-state index is 5.48. The second kappa shape index (κ2) is 4.44. The van der Waals surface area contributed by atoms with Crippen LogP contribution in [-0.4, -0.2) is 38.1 Å². The first kappa shape index (κ1) is 9.49. The lowest BCUT2D eigenvalue weighted by Gasteiger charge is -2.22. The minimum absolute atomic E-state index is 0.0931. The number of rotatable bonds is 2. The first-order valence-electron chi connectivity index (χ1n) is 5.22. The maximum absolute atomic E-state index is 5.48. The summed E-state index contributed by atoms with van der Waals surface area (Å²) in [5.41, 5.74) is 0. The molecule has 14 heavy (non-hydrogen) atoms. The third kappa shape index (κ3) is 2.05. The fraction of sp³-hybridized carbons (Fsp3) is 0.800. The average molecular weight is 196 g/mol. The van der Waals surface area contributed by atoms with E-state index in [-0.39, 0.29) is 5.92 Å². The van der Waals surface area contributed by atoms with E-state index in [2.05, 4.69) is 9.98 Å². The fourth-order valence-corrected chi connectivity index (χ4v) is 1.58. The molecule has 0 unspecified atom stereocenters. The van der Waals surface area contributed by atoms with E-state index < -0.39 is 0 Å². The molecular weight excluding hydrogens is 180 g/mol. The van der Waals surface area contributed by atoms with Crippen LogP contribution in [0.15, 0.2) is 9.98 Å². The van der Waals surface area contributed by atoms with E-state index in [0.717, 1.165) is 50.9 Å². The maximum Gasteiger partial charge on any atom is 0.195 e. The van der Waals surface area contributed by atoms with Crippen LogP contribution in [-0.2, 0) is 9.47 Å². The van der Waals surface area contributed by atoms with Gasteiger partial charge >= 0.3 is 0 Å². The Bertz CT molecular complexity index is 235. The molecule has 0 radical (unpaired) electrons. The van der Waals surface area contributed by atoms with E-state index in [9.17, 15) is 0 Å². The van der Waals surface area contributed by atoms with Gasteiger partial charge in [-0.3, -0.25) is 9.98 Å². The van der Waals surface area contributed by atoms with Crippen molar-refractivity contribution >= 4 is 11.8 Å². The number of aliphatic imine (C=N–C) groups is 2. The second-order valence-electron chi connectivity index (χ2n) is 3.57. The molecule has 0 aliphatic carbocycles. The quantitative estimate of drug-likeness (QED) is 0.667. The molecule has 4 nitrogen and oxygen atoms in total. The summed E-state index contributed by atoms with van der Waals surface area (Å²) in [5, 5.41) is 0. The predicted octanol–water partition coefficient (Wildman–Crippen LogP) is 1.26. The lowest BCUT2D eigenvalue weighted by Crippen LogP contribution is -2.30. The minimum atomic E-state index is 0.0931. The Hall–Kier alpha value is -1.06. The van der Waals surface area contributed by atoms with Crippen molar-refractivity contribution in [2.75, 3.05) is 26.3 Å². The highest BCUT2D eigenvalue weighted by molar-refractivity contribution is 6.00. The molecule has 0 atom stereocenters. The topological polar surface area (TPSA) is 43.2 Å². The molecule has 0 N–H and O–H groups in total. The molecule has 0 saturated carbocycles. The van der Waals surface area contributed by atoms with Crippen LogP contribution in [0.4, 0.5) is 0 Å². The van der Waals surface area contributed by atoms with Gasteiger partial charge in [0.2, 0.25) is 0 Å². The van der Waals surface area contributed by atoms with Gasteiger partial charge in [0.05, 0.1) is 13.2 Å². The molecule has 0 amide bonds. The Morgan fingerprint density at radius 1 is 1.00 bits per heavy atom. The van der Waals surface area contributed by atoms with Crippen LogP contribution in [0.1, 0.15) is 19.8 Å². The Balaban J connectivity index is 2.02. The van der Waals surface area contributed by atoms with Crippen molar-refractivity contribution in [3.05, 3.63) is 0 Å². The zero-order chi connectivity index (χ0) is 9.80. The lowest BCUT2D eigenvalue weighted by molar-refractivity contribution is 0.243. The largest absolute Gasteiger partial charge is 0.480 e. The van der Waals surface area contributed by atoms with Crippen LogP contribution >= 0.6 is 0 Å². The van der Waals surface area contributed by atoms with Gasteiger partial charge in [-0.25, -0.2) is 0 Å². The van der Waals surface area contributed by atoms with Gasteiger partial charge in [-0.1, -0.05) is 0 Å². The van der Waals surface area contributed by atoms with Crippen LogP contribution in [0, 0.1) is 5.92 Å². The standard InChI is InChI=1S/C10H16N2O2/c1-8(9-11-4-2-6-13-9)10-12-5-3-7-14-10/h8H,2-7H2,1H3. The van der Waals surface area contributed by atoms with Crippen molar-refractivity contribution in [3.8, 4) is 0 Å². The molecule has 0 saturated heterocycles. The summed E-state index contributed by atoms with van der Waals surface area (Å²) in [7, 11) is 0. The average Bonchev–Trinajstić information content (AvgIpc) is 2.30. The second-order valence-corrected chi connectivity index (χ2v) is 3.57. The fourth-order valence-electron chi connectivity index (χ4n) is 1.58. The molecule has 0 aromatic rings. The van der Waals surface area contributed by atoms with Crippen molar-refractivity contribution in [3.63, 3.8) is 0 Å². The van der Waals surface area contributed by atoms with E-state index in [4.69, 9.17) is 9.47 Å². The monoisotopic (exact) mass is 196 g/mol. The van der Waals surface area contributed by atoms with Crippen LogP contribution in [0.5, 0.6) is 0 Å². The van der Waals surface area contributed by atoms with E-state index in [1.807, 2.05) is 6.92 Å². The molecule has 2 rings (SSSR count). The van der Waals surface area contributed by atoms with E-state index in [1.165, 1.54) is 0 Å². The SMILES string of the molecule is CC(C1=NCCCO1)C1=NCCCO1. The zero-order valence-corrected chi connectivity index (χ0v) is 8.53. The van der Waals surface area contributed by atoms with Crippen molar-refractivity contribution in [2.45, 2.75) is 19.8 Å². The normalized spacial score (nSPS) is 22.1. The lowest BCUT2D eigenvalue weighted by atomic mass is 10.1. The summed E-state index contributed by atoms with van der Waals surface area (Å²) in [6.07, 6.45) is 2.03. The summed E-state index contributed by atoms with van der Waals surface area (Å²) in [6.45, 7) is 5.32. The van der Waals surface area contributed by atoms with Gasteiger partial charge < -0.3 is 9.47 Å². The summed E-state index contributed by atoms with van der Waals surface area (Å²) in [5.74, 6) is 1.67. The van der Waals surface area contributed by atoms with Crippen LogP contribution in [0.2, 0.25) is 0 Å². The zero-order valence-electron chi connectivity index (χ0n) is 8.53. The number of hydrogen-bond donors (Lipinski definition) is 0. The number of hydrogen-bond acceptors (Lipinski definition) is 4. The molecule has 0 aromatic carbocycles. The Morgan fingerprint density at radius 2 is 1.50 bits per heavy atom. The molecule has 2 aliphatic rings. The Labute approximate surface area is 84.0 Å². The molecule has 78 valence electrons.